The summed E-state index contributed by atoms with van der Waals surface area (Å²) >= 11 is 6.92. The highest BCUT2D eigenvalue weighted by Gasteiger charge is 2.28. The molecule has 6 rings (SSSR count). The summed E-state index contributed by atoms with van der Waals surface area (Å²) in [7, 11) is 2.14. The average Bonchev–Trinajstić information content (AvgIpc) is 3.69. The third-order valence-electron chi connectivity index (χ3n) is 8.27. The summed E-state index contributed by atoms with van der Waals surface area (Å²) in [6.45, 7) is 5.70. The Balaban J connectivity index is 1.15. The van der Waals surface area contributed by atoms with Gasteiger partial charge in [0.1, 0.15) is 0 Å². The van der Waals surface area contributed by atoms with E-state index in [0.717, 1.165) is 66.9 Å². The van der Waals surface area contributed by atoms with Crippen LogP contribution in [0.25, 0.3) is 16.6 Å². The van der Waals surface area contributed by atoms with Gasteiger partial charge in [-0.05, 0) is 94.1 Å². The lowest BCUT2D eigenvalue weighted by Gasteiger charge is -2.37. The van der Waals surface area contributed by atoms with Gasteiger partial charge in [-0.15, -0.1) is 0 Å². The van der Waals surface area contributed by atoms with Gasteiger partial charge in [-0.1, -0.05) is 24.3 Å². The molecule has 3 aliphatic rings. The van der Waals surface area contributed by atoms with E-state index in [9.17, 15) is 5.11 Å². The van der Waals surface area contributed by atoms with Crippen molar-refractivity contribution < 1.29 is 5.11 Å². The summed E-state index contributed by atoms with van der Waals surface area (Å²) in [6.07, 6.45) is 9.95. The number of allylic oxidation sites excluding steroid dienone is 1. The van der Waals surface area contributed by atoms with E-state index in [1.165, 1.54) is 24.0 Å². The van der Waals surface area contributed by atoms with Crippen LogP contribution in [0.15, 0.2) is 59.7 Å². The first-order valence-electron chi connectivity index (χ1n) is 14.2. The number of nitrogens with zero attached hydrogens (tertiary/aromatic N) is 4. The largest absolute Gasteiger partial charge is 0.392 e. The standard InChI is InChI=1S/C31H39ClN6O/c1-21(39)19-36(2)26-10-13-37(14-11-26)20-22-15-24(23-7-8-23)17-25(16-22)35-31-33-12-9-30(38(31)32)28-18-34-29-6-4-3-5-27(28)29/h3-6,9,12,15-18,21,23,26,31,34-35,39H,7-8,10-11,13-14,19-20H2,1-2H3. The van der Waals surface area contributed by atoms with Gasteiger partial charge in [0, 0.05) is 65.5 Å². The highest BCUT2D eigenvalue weighted by atomic mass is 35.5. The normalized spacial score (nSPS) is 21.5. The number of aliphatic imine (C=N–C) groups is 1. The number of anilines is 1. The van der Waals surface area contributed by atoms with Gasteiger partial charge in [0.15, 0.2) is 0 Å². The summed E-state index contributed by atoms with van der Waals surface area (Å²) in [5.41, 5.74) is 6.89. The van der Waals surface area contributed by atoms with Crippen LogP contribution in [0.5, 0.6) is 0 Å². The minimum absolute atomic E-state index is 0.282. The second-order valence-corrected chi connectivity index (χ2v) is 11.8. The molecule has 2 aromatic carbocycles. The summed E-state index contributed by atoms with van der Waals surface area (Å²) < 4.78 is 1.70. The summed E-state index contributed by atoms with van der Waals surface area (Å²) in [6, 6.07) is 15.8. The second kappa shape index (κ2) is 11.3. The Morgan fingerprint density at radius 1 is 1.15 bits per heavy atom. The first-order valence-corrected chi connectivity index (χ1v) is 14.5. The molecule has 2 atom stereocenters. The number of aliphatic hydroxyl groups excluding tert-OH is 1. The molecule has 1 aromatic heterocycles. The van der Waals surface area contributed by atoms with E-state index in [2.05, 4.69) is 62.5 Å². The Kier molecular flexibility index (Phi) is 7.67. The quantitative estimate of drug-likeness (QED) is 0.305. The van der Waals surface area contributed by atoms with Gasteiger partial charge in [0.25, 0.3) is 0 Å². The third kappa shape index (κ3) is 6.02. The fourth-order valence-corrected chi connectivity index (χ4v) is 6.32. The number of likely N-dealkylation sites (N-methyl/N-ethyl adjacent to an activating group) is 1. The van der Waals surface area contributed by atoms with Gasteiger partial charge >= 0.3 is 0 Å². The molecule has 0 radical (unpaired) electrons. The number of likely N-dealkylation sites (tertiary alicyclic amines) is 1. The molecule has 7 nitrogen and oxygen atoms in total. The topological polar surface area (TPSA) is 70.1 Å². The number of para-hydroxylation sites is 1. The fourth-order valence-electron chi connectivity index (χ4n) is 6.08. The van der Waals surface area contributed by atoms with Crippen molar-refractivity contribution in [3.05, 3.63) is 71.4 Å². The molecular weight excluding hydrogens is 508 g/mol. The second-order valence-electron chi connectivity index (χ2n) is 11.5. The van der Waals surface area contributed by atoms with Crippen LogP contribution in [0, 0.1) is 0 Å². The first-order chi connectivity index (χ1) is 18.9. The Bertz CT molecular complexity index is 1350. The van der Waals surface area contributed by atoms with Crippen LogP contribution in [-0.4, -0.2) is 75.6 Å². The van der Waals surface area contributed by atoms with Crippen molar-refractivity contribution in [2.24, 2.45) is 4.99 Å². The van der Waals surface area contributed by atoms with Crippen LogP contribution in [0.4, 0.5) is 5.69 Å². The number of aliphatic hydroxyl groups is 1. The molecule has 2 fully saturated rings. The molecule has 3 heterocycles. The van der Waals surface area contributed by atoms with Gasteiger partial charge in [-0.25, -0.2) is 9.41 Å². The minimum atomic E-state index is -0.400. The first kappa shape index (κ1) is 26.4. The van der Waals surface area contributed by atoms with E-state index in [-0.39, 0.29) is 6.10 Å². The molecular formula is C31H39ClN6O. The predicted octanol–water partition coefficient (Wildman–Crippen LogP) is 5.60. The molecule has 1 aliphatic carbocycles. The lowest BCUT2D eigenvalue weighted by Crippen LogP contribution is -2.44. The third-order valence-corrected chi connectivity index (χ3v) is 8.64. The number of nitrogens with one attached hydrogen (secondary N) is 2. The zero-order valence-corrected chi connectivity index (χ0v) is 23.6. The van der Waals surface area contributed by atoms with Crippen molar-refractivity contribution in [1.82, 2.24) is 19.2 Å². The summed E-state index contributed by atoms with van der Waals surface area (Å²) in [5, 5.41) is 14.5. The monoisotopic (exact) mass is 546 g/mol. The van der Waals surface area contributed by atoms with Gasteiger partial charge in [-0.2, -0.15) is 0 Å². The molecule has 206 valence electrons. The molecule has 0 spiro atoms. The van der Waals surface area contributed by atoms with Crippen LogP contribution in [-0.2, 0) is 6.54 Å². The van der Waals surface area contributed by atoms with Crippen LogP contribution in [0.1, 0.15) is 55.2 Å². The molecule has 0 bridgehead atoms. The number of aromatic nitrogens is 1. The van der Waals surface area contributed by atoms with Gasteiger partial charge < -0.3 is 20.3 Å². The number of piperidine rings is 1. The number of rotatable bonds is 9. The molecule has 39 heavy (non-hydrogen) atoms. The summed E-state index contributed by atoms with van der Waals surface area (Å²) in [4.78, 5) is 12.9. The number of fused-ring (bicyclic) bond motifs is 1. The van der Waals surface area contributed by atoms with E-state index in [0.29, 0.717) is 12.0 Å². The molecule has 3 N–H and O–H groups in total. The van der Waals surface area contributed by atoms with Crippen molar-refractivity contribution in [3.8, 4) is 0 Å². The van der Waals surface area contributed by atoms with Gasteiger partial charge in [-0.3, -0.25) is 4.90 Å². The lowest BCUT2D eigenvalue weighted by atomic mass is 10.0. The number of H-pyrrole nitrogens is 1. The molecule has 2 unspecified atom stereocenters. The highest BCUT2D eigenvalue weighted by Crippen LogP contribution is 2.42. The zero-order valence-electron chi connectivity index (χ0n) is 22.9. The number of benzene rings is 2. The maximum atomic E-state index is 9.76. The molecule has 2 aliphatic heterocycles. The number of hydrogen-bond donors (Lipinski definition) is 3. The maximum absolute atomic E-state index is 9.76. The number of aromatic amines is 1. The van der Waals surface area contributed by atoms with E-state index in [1.807, 2.05) is 37.5 Å². The van der Waals surface area contributed by atoms with Crippen molar-refractivity contribution in [3.63, 3.8) is 0 Å². The average molecular weight is 547 g/mol. The molecule has 8 heteroatoms. The van der Waals surface area contributed by atoms with E-state index in [4.69, 9.17) is 11.8 Å². The summed E-state index contributed by atoms with van der Waals surface area (Å²) in [5.74, 6) is 0.661. The van der Waals surface area contributed by atoms with E-state index < -0.39 is 6.29 Å². The maximum Gasteiger partial charge on any atom is 0.210 e. The zero-order chi connectivity index (χ0) is 26.9. The van der Waals surface area contributed by atoms with Crippen molar-refractivity contribution in [1.29, 1.82) is 0 Å². The van der Waals surface area contributed by atoms with Crippen LogP contribution in [0.2, 0.25) is 0 Å². The van der Waals surface area contributed by atoms with E-state index in [1.54, 1.807) is 4.42 Å². The van der Waals surface area contributed by atoms with Crippen LogP contribution >= 0.6 is 11.8 Å². The SMILES string of the molecule is CC(O)CN(C)C1CCN(Cc2cc(NC3N=CC=C(c4c[nH]c5ccccc45)N3Cl)cc(C3CC3)c2)CC1. The fraction of sp³-hybridized carbons (Fsp3) is 0.452. The smallest absolute Gasteiger partial charge is 0.210 e. The Hall–Kier alpha value is -2.84. The molecule has 3 aromatic rings. The highest BCUT2D eigenvalue weighted by molar-refractivity contribution is 6.19. The number of hydrogen-bond acceptors (Lipinski definition) is 6. The Morgan fingerprint density at radius 3 is 2.72 bits per heavy atom. The van der Waals surface area contributed by atoms with Crippen molar-refractivity contribution in [2.75, 3.05) is 32.0 Å². The van der Waals surface area contributed by atoms with Crippen LogP contribution in [0.3, 0.4) is 0 Å². The minimum Gasteiger partial charge on any atom is -0.392 e. The lowest BCUT2D eigenvalue weighted by molar-refractivity contribution is 0.0796. The van der Waals surface area contributed by atoms with Crippen molar-refractivity contribution >= 4 is 40.3 Å². The molecule has 1 saturated carbocycles. The molecule has 1 saturated heterocycles. The predicted molar refractivity (Wildman–Crippen MR) is 161 cm³/mol. The Morgan fingerprint density at radius 2 is 1.95 bits per heavy atom. The van der Waals surface area contributed by atoms with Gasteiger partial charge in [0.05, 0.1) is 11.8 Å². The van der Waals surface area contributed by atoms with Crippen molar-refractivity contribution in [2.45, 2.75) is 63.5 Å². The number of halogens is 1. The van der Waals surface area contributed by atoms with Gasteiger partial charge in [0.2, 0.25) is 6.29 Å². The molecule has 0 amide bonds. The Labute approximate surface area is 236 Å². The van der Waals surface area contributed by atoms with Crippen LogP contribution < -0.4 is 5.32 Å². The van der Waals surface area contributed by atoms with E-state index >= 15 is 0 Å².